The molecule has 32 heavy (non-hydrogen) atoms. The van der Waals surface area contributed by atoms with Gasteiger partial charge in [-0.3, -0.25) is 14.4 Å². The van der Waals surface area contributed by atoms with Crippen LogP contribution in [0.25, 0.3) is 0 Å². The fraction of sp³-hybridized carbons (Fsp3) is 0.136. The zero-order chi connectivity index (χ0) is 22.9. The van der Waals surface area contributed by atoms with Gasteiger partial charge in [0, 0.05) is 18.7 Å². The number of hydrogen-bond acceptors (Lipinski definition) is 6. The van der Waals surface area contributed by atoms with Crippen LogP contribution in [0.5, 0.6) is 0 Å². The first kappa shape index (κ1) is 21.8. The standard InChI is InChI=1S/C22H17ClN2O6S/c23-19-9-8-17(22(26)31-14-15-4-3-6-18(12-15)25(27)28)13-21(19)32(29,30)24-11-10-16-5-1-2-7-20(16)24/h1-9,12-13H,10-11,14H2. The zero-order valence-electron chi connectivity index (χ0n) is 16.6. The van der Waals surface area contributed by atoms with Crippen molar-refractivity contribution in [2.24, 2.45) is 0 Å². The Morgan fingerprint density at radius 1 is 1.09 bits per heavy atom. The molecule has 1 aliphatic heterocycles. The number of rotatable bonds is 6. The molecule has 0 spiro atoms. The molecule has 0 amide bonds. The molecule has 0 saturated heterocycles. The summed E-state index contributed by atoms with van der Waals surface area (Å²) in [5, 5.41) is 10.9. The second kappa shape index (κ2) is 8.60. The van der Waals surface area contributed by atoms with E-state index in [4.69, 9.17) is 16.3 Å². The number of sulfonamides is 1. The van der Waals surface area contributed by atoms with Crippen LogP contribution in [0.3, 0.4) is 0 Å². The maximum Gasteiger partial charge on any atom is 0.338 e. The molecule has 10 heteroatoms. The average Bonchev–Trinajstić information content (AvgIpc) is 3.23. The van der Waals surface area contributed by atoms with Crippen LogP contribution in [0.2, 0.25) is 5.02 Å². The number of anilines is 1. The summed E-state index contributed by atoms with van der Waals surface area (Å²) in [7, 11) is -4.00. The molecule has 1 heterocycles. The zero-order valence-corrected chi connectivity index (χ0v) is 18.2. The molecule has 0 saturated carbocycles. The minimum absolute atomic E-state index is 0.00545. The van der Waals surface area contributed by atoms with E-state index in [1.807, 2.05) is 12.1 Å². The second-order valence-corrected chi connectivity index (χ2v) is 9.34. The number of benzene rings is 3. The monoisotopic (exact) mass is 472 g/mol. The van der Waals surface area contributed by atoms with Crippen molar-refractivity contribution in [1.29, 1.82) is 0 Å². The van der Waals surface area contributed by atoms with Gasteiger partial charge in [-0.25, -0.2) is 13.2 Å². The predicted molar refractivity (Wildman–Crippen MR) is 118 cm³/mol. The van der Waals surface area contributed by atoms with Crippen LogP contribution < -0.4 is 4.31 Å². The summed E-state index contributed by atoms with van der Waals surface area (Å²) >= 11 is 6.19. The van der Waals surface area contributed by atoms with Gasteiger partial charge in [0.15, 0.2) is 0 Å². The van der Waals surface area contributed by atoms with Crippen LogP contribution in [-0.4, -0.2) is 25.9 Å². The molecule has 164 valence electrons. The Labute approximate surface area is 189 Å². The van der Waals surface area contributed by atoms with E-state index in [1.165, 1.54) is 40.7 Å². The van der Waals surface area contributed by atoms with Crippen molar-refractivity contribution >= 4 is 39.0 Å². The first-order chi connectivity index (χ1) is 15.3. The number of nitrogens with zero attached hydrogens (tertiary/aromatic N) is 2. The Balaban J connectivity index is 1.57. The van der Waals surface area contributed by atoms with Crippen LogP contribution in [-0.2, 0) is 27.8 Å². The van der Waals surface area contributed by atoms with Crippen molar-refractivity contribution in [2.75, 3.05) is 10.8 Å². The van der Waals surface area contributed by atoms with E-state index in [2.05, 4.69) is 0 Å². The Bertz CT molecular complexity index is 1330. The fourth-order valence-electron chi connectivity index (χ4n) is 3.50. The third-order valence-corrected chi connectivity index (χ3v) is 7.37. The Morgan fingerprint density at radius 3 is 2.66 bits per heavy atom. The van der Waals surface area contributed by atoms with Crippen molar-refractivity contribution in [3.63, 3.8) is 0 Å². The van der Waals surface area contributed by atoms with Gasteiger partial charge in [-0.05, 0) is 41.8 Å². The smallest absolute Gasteiger partial charge is 0.338 e. The molecule has 0 N–H and O–H groups in total. The Morgan fingerprint density at radius 2 is 1.88 bits per heavy atom. The van der Waals surface area contributed by atoms with E-state index in [0.717, 1.165) is 5.56 Å². The number of hydrogen-bond donors (Lipinski definition) is 0. The second-order valence-electron chi connectivity index (χ2n) is 7.10. The number of nitro groups is 1. The number of halogens is 1. The summed E-state index contributed by atoms with van der Waals surface area (Å²) in [5.41, 5.74) is 1.82. The van der Waals surface area contributed by atoms with Gasteiger partial charge in [0.05, 0.1) is 21.2 Å². The Kier molecular flexibility index (Phi) is 5.86. The maximum atomic E-state index is 13.3. The number of carbonyl (C=O) groups is 1. The van der Waals surface area contributed by atoms with E-state index < -0.39 is 20.9 Å². The largest absolute Gasteiger partial charge is 0.457 e. The highest BCUT2D eigenvalue weighted by Crippen LogP contribution is 2.35. The summed E-state index contributed by atoms with van der Waals surface area (Å²) in [4.78, 5) is 22.7. The molecular formula is C22H17ClN2O6S. The lowest BCUT2D eigenvalue weighted by Gasteiger charge is -2.20. The third kappa shape index (κ3) is 4.17. The van der Waals surface area contributed by atoms with E-state index in [-0.39, 0.29) is 34.3 Å². The normalized spacial score (nSPS) is 13.0. The molecule has 1 aliphatic rings. The van der Waals surface area contributed by atoms with Crippen LogP contribution in [0.1, 0.15) is 21.5 Å². The van der Waals surface area contributed by atoms with Gasteiger partial charge in [-0.1, -0.05) is 41.9 Å². The molecular weight excluding hydrogens is 456 g/mol. The summed E-state index contributed by atoms with van der Waals surface area (Å²) in [6.07, 6.45) is 0.581. The van der Waals surface area contributed by atoms with Crippen molar-refractivity contribution < 1.29 is 22.9 Å². The van der Waals surface area contributed by atoms with Crippen LogP contribution in [0.4, 0.5) is 11.4 Å². The average molecular weight is 473 g/mol. The Hall–Kier alpha value is -3.43. The molecule has 4 rings (SSSR count). The molecule has 0 aromatic heterocycles. The van der Waals surface area contributed by atoms with Crippen molar-refractivity contribution in [1.82, 2.24) is 0 Å². The number of carbonyl (C=O) groups excluding carboxylic acids is 1. The van der Waals surface area contributed by atoms with E-state index >= 15 is 0 Å². The molecule has 0 fully saturated rings. The highest BCUT2D eigenvalue weighted by molar-refractivity contribution is 7.93. The van der Waals surface area contributed by atoms with Crippen molar-refractivity contribution in [3.8, 4) is 0 Å². The first-order valence-corrected chi connectivity index (χ1v) is 11.4. The predicted octanol–water partition coefficient (Wildman–Crippen LogP) is 4.36. The molecule has 0 bridgehead atoms. The molecule has 8 nitrogen and oxygen atoms in total. The van der Waals surface area contributed by atoms with E-state index in [1.54, 1.807) is 18.2 Å². The molecule has 0 aliphatic carbocycles. The van der Waals surface area contributed by atoms with Gasteiger partial charge in [-0.2, -0.15) is 0 Å². The topological polar surface area (TPSA) is 107 Å². The van der Waals surface area contributed by atoms with Gasteiger partial charge in [-0.15, -0.1) is 0 Å². The summed E-state index contributed by atoms with van der Waals surface area (Å²) in [6, 6.07) is 16.8. The lowest BCUT2D eigenvalue weighted by atomic mass is 10.2. The molecule has 0 radical (unpaired) electrons. The lowest BCUT2D eigenvalue weighted by molar-refractivity contribution is -0.384. The summed E-state index contributed by atoms with van der Waals surface area (Å²) in [5.74, 6) is -0.772. The molecule has 3 aromatic carbocycles. The molecule has 0 atom stereocenters. The maximum absolute atomic E-state index is 13.3. The van der Waals surface area contributed by atoms with Gasteiger partial charge in [0.25, 0.3) is 15.7 Å². The number of esters is 1. The van der Waals surface area contributed by atoms with Gasteiger partial charge in [0.2, 0.25) is 0 Å². The third-order valence-electron chi connectivity index (χ3n) is 5.07. The quantitative estimate of drug-likeness (QED) is 0.300. The minimum Gasteiger partial charge on any atom is -0.457 e. The summed E-state index contributed by atoms with van der Waals surface area (Å²) in [6.45, 7) is 0.0736. The van der Waals surface area contributed by atoms with Crippen molar-refractivity contribution in [2.45, 2.75) is 17.9 Å². The number of non-ortho nitro benzene ring substituents is 1. The number of fused-ring (bicyclic) bond motifs is 1. The fourth-order valence-corrected chi connectivity index (χ4v) is 5.50. The lowest BCUT2D eigenvalue weighted by Crippen LogP contribution is -2.29. The van der Waals surface area contributed by atoms with Crippen molar-refractivity contribution in [3.05, 3.63) is 98.6 Å². The van der Waals surface area contributed by atoms with Gasteiger partial charge >= 0.3 is 5.97 Å². The van der Waals surface area contributed by atoms with Crippen LogP contribution in [0.15, 0.2) is 71.6 Å². The first-order valence-electron chi connectivity index (χ1n) is 9.58. The van der Waals surface area contributed by atoms with E-state index in [9.17, 15) is 23.3 Å². The van der Waals surface area contributed by atoms with Crippen LogP contribution >= 0.6 is 11.6 Å². The number of ether oxygens (including phenoxy) is 1. The molecule has 3 aromatic rings. The van der Waals surface area contributed by atoms with Gasteiger partial charge in [0.1, 0.15) is 11.5 Å². The highest BCUT2D eigenvalue weighted by atomic mass is 35.5. The number of nitro benzene ring substituents is 1. The highest BCUT2D eigenvalue weighted by Gasteiger charge is 2.32. The minimum atomic E-state index is -4.00. The van der Waals surface area contributed by atoms with Crippen LogP contribution in [0, 0.1) is 10.1 Å². The number of para-hydroxylation sites is 1. The van der Waals surface area contributed by atoms with Gasteiger partial charge < -0.3 is 4.74 Å². The molecule has 0 unspecified atom stereocenters. The SMILES string of the molecule is O=C(OCc1cccc([N+](=O)[O-])c1)c1ccc(Cl)c(S(=O)(=O)N2CCc3ccccc32)c1. The summed E-state index contributed by atoms with van der Waals surface area (Å²) < 4.78 is 33.1. The van der Waals surface area contributed by atoms with E-state index in [0.29, 0.717) is 17.7 Å².